The summed E-state index contributed by atoms with van der Waals surface area (Å²) < 4.78 is 22.6. The van der Waals surface area contributed by atoms with Crippen molar-refractivity contribution in [3.63, 3.8) is 0 Å². The first-order chi connectivity index (χ1) is 8.53. The van der Waals surface area contributed by atoms with Crippen molar-refractivity contribution in [2.75, 3.05) is 16.8 Å². The van der Waals surface area contributed by atoms with E-state index in [1.54, 1.807) is 6.08 Å². The van der Waals surface area contributed by atoms with Crippen LogP contribution in [-0.2, 0) is 9.84 Å². The number of fused-ring (bicyclic) bond motifs is 1. The third kappa shape index (κ3) is 1.88. The Labute approximate surface area is 102 Å². The fourth-order valence-corrected chi connectivity index (χ4v) is 3.03. The lowest BCUT2D eigenvalue weighted by Gasteiger charge is -2.11. The number of aromatic nitrogens is 4. The van der Waals surface area contributed by atoms with Crippen LogP contribution in [0.1, 0.15) is 0 Å². The molecule has 18 heavy (non-hydrogen) atoms. The highest BCUT2D eigenvalue weighted by atomic mass is 32.2. The van der Waals surface area contributed by atoms with Crippen LogP contribution in [0.4, 0.5) is 11.8 Å². The van der Waals surface area contributed by atoms with E-state index in [0.29, 0.717) is 17.0 Å². The van der Waals surface area contributed by atoms with Crippen LogP contribution in [0.2, 0.25) is 0 Å². The summed E-state index contributed by atoms with van der Waals surface area (Å²) in [5.74, 6) is 0.538. The number of imidazole rings is 1. The summed E-state index contributed by atoms with van der Waals surface area (Å²) in [5, 5.41) is 4.19. The van der Waals surface area contributed by atoms with Crippen molar-refractivity contribution < 1.29 is 8.42 Å². The molecule has 0 radical (unpaired) electrons. The first-order valence-electron chi connectivity index (χ1n) is 5.17. The van der Waals surface area contributed by atoms with E-state index >= 15 is 0 Å². The van der Waals surface area contributed by atoms with Gasteiger partial charge >= 0.3 is 0 Å². The van der Waals surface area contributed by atoms with Crippen molar-refractivity contribution in [3.8, 4) is 0 Å². The van der Waals surface area contributed by atoms with Gasteiger partial charge in [-0.05, 0) is 6.08 Å². The molecule has 94 valence electrons. The minimum Gasteiger partial charge on any atom is -0.368 e. The Balaban J connectivity index is 1.96. The van der Waals surface area contributed by atoms with E-state index in [0.717, 1.165) is 0 Å². The summed E-state index contributed by atoms with van der Waals surface area (Å²) >= 11 is 0. The highest BCUT2D eigenvalue weighted by Gasteiger charge is 2.22. The van der Waals surface area contributed by atoms with Crippen molar-refractivity contribution in [3.05, 3.63) is 17.8 Å². The molecule has 3 heterocycles. The maximum atomic E-state index is 11.3. The van der Waals surface area contributed by atoms with Gasteiger partial charge in [0.2, 0.25) is 5.95 Å². The van der Waals surface area contributed by atoms with Crippen LogP contribution in [-0.4, -0.2) is 40.1 Å². The Morgan fingerprint density at radius 3 is 3.00 bits per heavy atom. The maximum Gasteiger partial charge on any atom is 0.224 e. The summed E-state index contributed by atoms with van der Waals surface area (Å²) in [6, 6.07) is -0.323. The van der Waals surface area contributed by atoms with Crippen LogP contribution in [0, 0.1) is 0 Å². The van der Waals surface area contributed by atoms with Gasteiger partial charge in [0.25, 0.3) is 0 Å². The number of aromatic amines is 1. The lowest BCUT2D eigenvalue weighted by molar-refractivity contribution is 0.605. The number of nitrogens with zero attached hydrogens (tertiary/aromatic N) is 3. The number of nitrogens with one attached hydrogen (secondary N) is 2. The third-order valence-electron chi connectivity index (χ3n) is 2.56. The largest absolute Gasteiger partial charge is 0.368 e. The first kappa shape index (κ1) is 11.0. The molecule has 1 aliphatic rings. The minimum atomic E-state index is -3.11. The van der Waals surface area contributed by atoms with Crippen molar-refractivity contribution in [1.29, 1.82) is 0 Å². The minimum absolute atomic E-state index is 0.00649. The number of hydrogen-bond donors (Lipinski definition) is 3. The molecule has 9 heteroatoms. The summed E-state index contributed by atoms with van der Waals surface area (Å²) in [5.41, 5.74) is 6.60. The molecule has 0 aliphatic carbocycles. The molecule has 1 unspecified atom stereocenters. The Kier molecular flexibility index (Phi) is 2.23. The van der Waals surface area contributed by atoms with Crippen LogP contribution in [0.15, 0.2) is 17.8 Å². The van der Waals surface area contributed by atoms with Crippen LogP contribution in [0.25, 0.3) is 11.2 Å². The molecule has 1 aliphatic heterocycles. The number of hydrogen-bond acceptors (Lipinski definition) is 7. The second-order valence-electron chi connectivity index (χ2n) is 3.94. The van der Waals surface area contributed by atoms with Gasteiger partial charge in [-0.1, -0.05) is 0 Å². The van der Waals surface area contributed by atoms with Crippen molar-refractivity contribution in [2.45, 2.75) is 6.04 Å². The van der Waals surface area contributed by atoms with Crippen LogP contribution in [0.3, 0.4) is 0 Å². The van der Waals surface area contributed by atoms with Crippen molar-refractivity contribution >= 4 is 32.8 Å². The quantitative estimate of drug-likeness (QED) is 0.678. The summed E-state index contributed by atoms with van der Waals surface area (Å²) in [4.78, 5) is 14.9. The molecule has 3 rings (SSSR count). The van der Waals surface area contributed by atoms with Crippen molar-refractivity contribution in [2.24, 2.45) is 0 Å². The molecule has 0 bridgehead atoms. The second-order valence-corrected chi connectivity index (χ2v) is 5.87. The Hall–Kier alpha value is -2.16. The predicted molar refractivity (Wildman–Crippen MR) is 66.4 cm³/mol. The monoisotopic (exact) mass is 266 g/mol. The molecule has 0 saturated heterocycles. The number of nitrogens with two attached hydrogens (primary N) is 1. The van der Waals surface area contributed by atoms with E-state index in [1.165, 1.54) is 11.7 Å². The van der Waals surface area contributed by atoms with Gasteiger partial charge in [0.1, 0.15) is 5.52 Å². The molecule has 0 aromatic carbocycles. The third-order valence-corrected chi connectivity index (χ3v) is 3.95. The number of rotatable bonds is 2. The zero-order valence-corrected chi connectivity index (χ0v) is 9.98. The van der Waals surface area contributed by atoms with Crippen LogP contribution < -0.4 is 11.1 Å². The van der Waals surface area contributed by atoms with Gasteiger partial charge in [-0.15, -0.1) is 0 Å². The van der Waals surface area contributed by atoms with Crippen LogP contribution >= 0.6 is 0 Å². The Morgan fingerprint density at radius 2 is 2.28 bits per heavy atom. The first-order valence-corrected chi connectivity index (χ1v) is 6.89. The standard InChI is InChI=1S/C9H10N6O2S/c10-9-14-7-6(11-4-12-7)8(15-9)13-5-1-2-18(16,17)3-5/h1-2,4-5H,3H2,(H4,10,11,12,13,14,15). The Bertz CT molecular complexity index is 735. The van der Waals surface area contributed by atoms with Crippen molar-refractivity contribution in [1.82, 2.24) is 19.9 Å². The summed E-state index contributed by atoms with van der Waals surface area (Å²) in [7, 11) is -3.11. The number of sulfone groups is 1. The SMILES string of the molecule is Nc1nc(NC2C=CS(=O)(=O)C2)c2[nH]cnc2n1. The van der Waals surface area contributed by atoms with Gasteiger partial charge in [-0.25, -0.2) is 13.4 Å². The average Bonchev–Trinajstić information content (AvgIpc) is 2.84. The fourth-order valence-electron chi connectivity index (χ4n) is 1.80. The summed E-state index contributed by atoms with van der Waals surface area (Å²) in [6.45, 7) is 0. The topological polar surface area (TPSA) is 127 Å². The van der Waals surface area contributed by atoms with Gasteiger partial charge in [-0.2, -0.15) is 9.97 Å². The molecular formula is C9H10N6O2S. The molecular weight excluding hydrogens is 256 g/mol. The molecule has 0 saturated carbocycles. The van der Waals surface area contributed by atoms with Gasteiger partial charge in [-0.3, -0.25) is 0 Å². The molecule has 1 atom stereocenters. The lowest BCUT2D eigenvalue weighted by Crippen LogP contribution is -2.22. The summed E-state index contributed by atoms with van der Waals surface area (Å²) in [6.07, 6.45) is 3.06. The molecule has 2 aromatic rings. The lowest BCUT2D eigenvalue weighted by atomic mass is 10.3. The smallest absolute Gasteiger partial charge is 0.224 e. The van der Waals surface area contributed by atoms with E-state index in [4.69, 9.17) is 5.73 Å². The maximum absolute atomic E-state index is 11.3. The zero-order valence-electron chi connectivity index (χ0n) is 9.16. The normalized spacial score (nSPS) is 21.4. The molecule has 0 amide bonds. The van der Waals surface area contributed by atoms with E-state index in [9.17, 15) is 8.42 Å². The van der Waals surface area contributed by atoms with Crippen LogP contribution in [0.5, 0.6) is 0 Å². The number of H-pyrrole nitrogens is 1. The number of anilines is 2. The zero-order chi connectivity index (χ0) is 12.8. The number of nitrogen functional groups attached to an aromatic ring is 1. The van der Waals surface area contributed by atoms with Gasteiger partial charge in [0.05, 0.1) is 18.1 Å². The van der Waals surface area contributed by atoms with E-state index in [2.05, 4.69) is 25.3 Å². The second kappa shape index (κ2) is 3.67. The molecule has 2 aromatic heterocycles. The molecule has 0 fully saturated rings. The van der Waals surface area contributed by atoms with E-state index in [-0.39, 0.29) is 17.7 Å². The molecule has 8 nitrogen and oxygen atoms in total. The predicted octanol–water partition coefficient (Wildman–Crippen LogP) is -0.342. The van der Waals surface area contributed by atoms with Gasteiger partial charge < -0.3 is 16.0 Å². The average molecular weight is 266 g/mol. The Morgan fingerprint density at radius 1 is 1.44 bits per heavy atom. The highest BCUT2D eigenvalue weighted by Crippen LogP contribution is 2.20. The highest BCUT2D eigenvalue weighted by molar-refractivity contribution is 7.94. The molecule has 0 spiro atoms. The molecule has 4 N–H and O–H groups in total. The van der Waals surface area contributed by atoms with E-state index in [1.807, 2.05) is 0 Å². The van der Waals surface area contributed by atoms with E-state index < -0.39 is 9.84 Å². The van der Waals surface area contributed by atoms with Gasteiger partial charge in [0.15, 0.2) is 21.3 Å². The van der Waals surface area contributed by atoms with Gasteiger partial charge in [0, 0.05) is 5.41 Å². The fraction of sp³-hybridized carbons (Fsp3) is 0.222.